The molecular formula is C12H18N2O2S2. The Morgan fingerprint density at radius 2 is 2.22 bits per heavy atom. The van der Waals surface area contributed by atoms with Gasteiger partial charge in [-0.1, -0.05) is 6.92 Å². The Bertz CT molecular complexity index is 499. The SMILES string of the molecule is CC1SCCCC1Nc1ccc(S(C)(=O)=O)nc1. The number of aromatic nitrogens is 1. The van der Waals surface area contributed by atoms with Gasteiger partial charge >= 0.3 is 0 Å². The summed E-state index contributed by atoms with van der Waals surface area (Å²) in [6.45, 7) is 2.22. The van der Waals surface area contributed by atoms with Crippen LogP contribution < -0.4 is 5.32 Å². The molecule has 1 aromatic rings. The number of hydrogen-bond acceptors (Lipinski definition) is 5. The van der Waals surface area contributed by atoms with Crippen molar-refractivity contribution in [2.45, 2.75) is 36.1 Å². The second-order valence-corrected chi connectivity index (χ2v) is 8.07. The first-order valence-corrected chi connectivity index (χ1v) is 8.95. The van der Waals surface area contributed by atoms with Crippen molar-refractivity contribution in [3.8, 4) is 0 Å². The van der Waals surface area contributed by atoms with Crippen molar-refractivity contribution in [2.75, 3.05) is 17.3 Å². The van der Waals surface area contributed by atoms with Crippen molar-refractivity contribution >= 4 is 27.3 Å². The fourth-order valence-corrected chi connectivity index (χ4v) is 3.71. The molecule has 1 aliphatic heterocycles. The highest BCUT2D eigenvalue weighted by Crippen LogP contribution is 2.27. The number of anilines is 1. The number of rotatable bonds is 3. The number of thioether (sulfide) groups is 1. The van der Waals surface area contributed by atoms with Crippen LogP contribution in [0.4, 0.5) is 5.69 Å². The molecule has 1 N–H and O–H groups in total. The summed E-state index contributed by atoms with van der Waals surface area (Å²) in [5.41, 5.74) is 0.891. The monoisotopic (exact) mass is 286 g/mol. The van der Waals surface area contributed by atoms with Gasteiger partial charge in [-0.3, -0.25) is 0 Å². The first-order chi connectivity index (χ1) is 8.47. The minimum absolute atomic E-state index is 0.124. The minimum atomic E-state index is -3.21. The van der Waals surface area contributed by atoms with Crippen molar-refractivity contribution in [3.05, 3.63) is 18.3 Å². The van der Waals surface area contributed by atoms with Crippen molar-refractivity contribution in [3.63, 3.8) is 0 Å². The molecule has 2 rings (SSSR count). The highest BCUT2D eigenvalue weighted by atomic mass is 32.2. The van der Waals surface area contributed by atoms with Crippen molar-refractivity contribution in [2.24, 2.45) is 0 Å². The molecule has 0 saturated carbocycles. The lowest BCUT2D eigenvalue weighted by Crippen LogP contribution is -2.32. The average molecular weight is 286 g/mol. The Kier molecular flexibility index (Phi) is 4.17. The fraction of sp³-hybridized carbons (Fsp3) is 0.583. The third kappa shape index (κ3) is 3.38. The summed E-state index contributed by atoms with van der Waals surface area (Å²) in [6.07, 6.45) is 5.15. The van der Waals surface area contributed by atoms with E-state index in [0.29, 0.717) is 11.3 Å². The van der Waals surface area contributed by atoms with Gasteiger partial charge in [-0.15, -0.1) is 0 Å². The van der Waals surface area contributed by atoms with E-state index in [1.807, 2.05) is 11.8 Å². The van der Waals surface area contributed by atoms with E-state index >= 15 is 0 Å². The van der Waals surface area contributed by atoms with Crippen LogP contribution in [0.25, 0.3) is 0 Å². The van der Waals surface area contributed by atoms with Crippen LogP contribution in [0.5, 0.6) is 0 Å². The number of hydrogen-bond donors (Lipinski definition) is 1. The van der Waals surface area contributed by atoms with E-state index in [0.717, 1.165) is 12.1 Å². The van der Waals surface area contributed by atoms with E-state index in [4.69, 9.17) is 0 Å². The zero-order valence-corrected chi connectivity index (χ0v) is 12.2. The predicted octanol–water partition coefficient (Wildman–Crippen LogP) is 2.18. The van der Waals surface area contributed by atoms with Gasteiger partial charge in [-0.25, -0.2) is 13.4 Å². The molecule has 0 aromatic carbocycles. The van der Waals surface area contributed by atoms with Gasteiger partial charge < -0.3 is 5.32 Å². The van der Waals surface area contributed by atoms with Crippen LogP contribution in [0.15, 0.2) is 23.4 Å². The van der Waals surface area contributed by atoms with Crippen molar-refractivity contribution in [1.82, 2.24) is 4.98 Å². The van der Waals surface area contributed by atoms with Gasteiger partial charge in [-0.05, 0) is 30.7 Å². The number of nitrogens with zero attached hydrogens (tertiary/aromatic N) is 1. The highest BCUT2D eigenvalue weighted by molar-refractivity contribution is 8.00. The summed E-state index contributed by atoms with van der Waals surface area (Å²) in [7, 11) is -3.21. The van der Waals surface area contributed by atoms with Crippen molar-refractivity contribution < 1.29 is 8.42 Å². The Morgan fingerprint density at radius 1 is 1.44 bits per heavy atom. The van der Waals surface area contributed by atoms with Crippen LogP contribution in [-0.4, -0.2) is 36.7 Å². The third-order valence-electron chi connectivity index (χ3n) is 3.08. The largest absolute Gasteiger partial charge is 0.380 e. The van der Waals surface area contributed by atoms with Gasteiger partial charge in [0.15, 0.2) is 14.9 Å². The number of sulfone groups is 1. The highest BCUT2D eigenvalue weighted by Gasteiger charge is 2.21. The topological polar surface area (TPSA) is 59.1 Å². The van der Waals surface area contributed by atoms with Crippen LogP contribution >= 0.6 is 11.8 Å². The molecule has 1 aromatic heterocycles. The molecule has 1 saturated heterocycles. The number of nitrogens with one attached hydrogen (secondary N) is 1. The summed E-state index contributed by atoms with van der Waals surface area (Å²) >= 11 is 1.97. The standard InChI is InChI=1S/C12H18N2O2S2/c1-9-11(4-3-7-17-9)14-10-5-6-12(13-8-10)18(2,15)16/h5-6,8-9,11,14H,3-4,7H2,1-2H3. The van der Waals surface area contributed by atoms with Crippen LogP contribution in [0.3, 0.4) is 0 Å². The number of pyridine rings is 1. The maximum Gasteiger partial charge on any atom is 0.192 e. The molecule has 0 radical (unpaired) electrons. The second kappa shape index (κ2) is 5.48. The Morgan fingerprint density at radius 3 is 2.78 bits per heavy atom. The molecule has 4 nitrogen and oxygen atoms in total. The van der Waals surface area contributed by atoms with Crippen LogP contribution in [0.2, 0.25) is 0 Å². The van der Waals surface area contributed by atoms with E-state index in [2.05, 4.69) is 17.2 Å². The molecule has 6 heteroatoms. The lowest BCUT2D eigenvalue weighted by Gasteiger charge is -2.29. The Balaban J connectivity index is 2.06. The van der Waals surface area contributed by atoms with Crippen LogP contribution in [0, 0.1) is 0 Å². The molecule has 0 bridgehead atoms. The molecule has 2 atom stereocenters. The summed E-state index contributed by atoms with van der Waals surface area (Å²) in [5, 5.41) is 4.13. The van der Waals surface area contributed by atoms with E-state index in [1.165, 1.54) is 18.4 Å². The van der Waals surface area contributed by atoms with Gasteiger partial charge in [0.05, 0.1) is 11.9 Å². The maximum atomic E-state index is 11.3. The quantitative estimate of drug-likeness (QED) is 0.923. The molecule has 2 heterocycles. The lowest BCUT2D eigenvalue weighted by atomic mass is 10.1. The zero-order valence-electron chi connectivity index (χ0n) is 10.6. The van der Waals surface area contributed by atoms with E-state index in [-0.39, 0.29) is 5.03 Å². The Labute approximate surface area is 112 Å². The summed E-state index contributed by atoms with van der Waals surface area (Å²) in [6, 6.07) is 3.78. The Hall–Kier alpha value is -0.750. The molecule has 2 unspecified atom stereocenters. The lowest BCUT2D eigenvalue weighted by molar-refractivity contribution is 0.598. The van der Waals surface area contributed by atoms with Gasteiger partial charge in [0.1, 0.15) is 0 Å². The first kappa shape index (κ1) is 13.7. The summed E-state index contributed by atoms with van der Waals surface area (Å²) in [5.74, 6) is 1.23. The molecule has 0 amide bonds. The summed E-state index contributed by atoms with van der Waals surface area (Å²) in [4.78, 5) is 3.98. The summed E-state index contributed by atoms with van der Waals surface area (Å²) < 4.78 is 22.6. The van der Waals surface area contributed by atoms with E-state index < -0.39 is 9.84 Å². The molecule has 18 heavy (non-hydrogen) atoms. The normalized spacial score (nSPS) is 24.8. The molecular weight excluding hydrogens is 268 g/mol. The van der Waals surface area contributed by atoms with Gasteiger partial charge in [0.2, 0.25) is 0 Å². The van der Waals surface area contributed by atoms with Crippen LogP contribution in [-0.2, 0) is 9.84 Å². The fourth-order valence-electron chi connectivity index (χ4n) is 2.01. The molecule has 0 aliphatic carbocycles. The van der Waals surface area contributed by atoms with Crippen molar-refractivity contribution in [1.29, 1.82) is 0 Å². The third-order valence-corrected chi connectivity index (χ3v) is 5.46. The van der Waals surface area contributed by atoms with E-state index in [1.54, 1.807) is 18.3 Å². The minimum Gasteiger partial charge on any atom is -0.380 e. The van der Waals surface area contributed by atoms with Gasteiger partial charge in [-0.2, -0.15) is 11.8 Å². The van der Waals surface area contributed by atoms with E-state index in [9.17, 15) is 8.42 Å². The van der Waals surface area contributed by atoms with Gasteiger partial charge in [0.25, 0.3) is 0 Å². The smallest absolute Gasteiger partial charge is 0.192 e. The molecule has 1 aliphatic rings. The second-order valence-electron chi connectivity index (χ2n) is 4.63. The maximum absolute atomic E-state index is 11.3. The predicted molar refractivity (Wildman–Crippen MR) is 75.9 cm³/mol. The van der Waals surface area contributed by atoms with Gasteiger partial charge in [0, 0.05) is 17.5 Å². The molecule has 100 valence electrons. The average Bonchev–Trinajstić information content (AvgIpc) is 2.32. The van der Waals surface area contributed by atoms with Crippen LogP contribution in [0.1, 0.15) is 19.8 Å². The zero-order chi connectivity index (χ0) is 13.2. The molecule has 0 spiro atoms. The first-order valence-electron chi connectivity index (χ1n) is 6.01. The molecule has 1 fully saturated rings.